The molecule has 0 aromatic heterocycles. The highest BCUT2D eigenvalue weighted by Crippen LogP contribution is 2.07. The van der Waals surface area contributed by atoms with E-state index in [1.54, 1.807) is 0 Å². The minimum atomic E-state index is 0.865. The van der Waals surface area contributed by atoms with Gasteiger partial charge in [0.2, 0.25) is 0 Å². The average Bonchev–Trinajstić information content (AvgIpc) is 2.05. The Kier molecular flexibility index (Phi) is 2.32. The molecular formula is C9H12N. The lowest BCUT2D eigenvalue weighted by atomic mass is 10.1. The van der Waals surface area contributed by atoms with Crippen LogP contribution in [0.4, 0.5) is 5.69 Å². The first-order chi connectivity index (χ1) is 4.86. The molecule has 0 aliphatic heterocycles. The van der Waals surface area contributed by atoms with Gasteiger partial charge in [0.25, 0.3) is 0 Å². The number of rotatable bonds is 2. The molecule has 0 saturated carbocycles. The van der Waals surface area contributed by atoms with Crippen LogP contribution in [0.1, 0.15) is 5.56 Å². The Hall–Kier alpha value is -0.980. The highest BCUT2D eigenvalue weighted by atomic mass is 14.8. The van der Waals surface area contributed by atoms with Crippen LogP contribution < -0.4 is 5.32 Å². The Labute approximate surface area is 62.1 Å². The van der Waals surface area contributed by atoms with Crippen molar-refractivity contribution in [3.05, 3.63) is 36.8 Å². The van der Waals surface area contributed by atoms with Gasteiger partial charge in [-0.3, -0.25) is 0 Å². The quantitative estimate of drug-likeness (QED) is 0.653. The Morgan fingerprint density at radius 3 is 2.30 bits per heavy atom. The van der Waals surface area contributed by atoms with Crippen LogP contribution in [0.25, 0.3) is 0 Å². The third-order valence-electron chi connectivity index (χ3n) is 1.53. The Morgan fingerprint density at radius 2 is 1.90 bits per heavy atom. The highest BCUT2D eigenvalue weighted by Gasteiger charge is 1.87. The number of nitrogens with one attached hydrogen (secondary N) is 1. The molecule has 1 N–H and O–H groups in total. The molecule has 1 aromatic rings. The zero-order chi connectivity index (χ0) is 7.40. The zero-order valence-electron chi connectivity index (χ0n) is 6.22. The fourth-order valence-corrected chi connectivity index (χ4v) is 0.838. The largest absolute Gasteiger partial charge is 0.388 e. The number of hydrogen-bond acceptors (Lipinski definition) is 1. The first kappa shape index (κ1) is 7.13. The van der Waals surface area contributed by atoms with Crippen molar-refractivity contribution in [1.82, 2.24) is 0 Å². The maximum absolute atomic E-state index is 3.79. The molecule has 0 heterocycles. The molecule has 1 nitrogen and oxygen atoms in total. The number of hydrogen-bond donors (Lipinski definition) is 1. The van der Waals surface area contributed by atoms with E-state index in [-0.39, 0.29) is 0 Å². The second-order valence-corrected chi connectivity index (χ2v) is 2.20. The van der Waals surface area contributed by atoms with Crippen molar-refractivity contribution in [2.24, 2.45) is 0 Å². The second-order valence-electron chi connectivity index (χ2n) is 2.20. The molecule has 1 radical (unpaired) electrons. The third kappa shape index (κ3) is 1.50. The molecular weight excluding hydrogens is 122 g/mol. The smallest absolute Gasteiger partial charge is 0.0337 e. The molecule has 0 fully saturated rings. The lowest BCUT2D eigenvalue weighted by Crippen LogP contribution is -1.87. The first-order valence-corrected chi connectivity index (χ1v) is 3.42. The number of benzene rings is 1. The summed E-state index contributed by atoms with van der Waals surface area (Å²) in [5.74, 6) is 0. The zero-order valence-corrected chi connectivity index (χ0v) is 6.22. The summed E-state index contributed by atoms with van der Waals surface area (Å²) < 4.78 is 0. The molecule has 53 valence electrons. The molecule has 0 amide bonds. The van der Waals surface area contributed by atoms with Gasteiger partial charge in [-0.2, -0.15) is 0 Å². The van der Waals surface area contributed by atoms with Crippen molar-refractivity contribution in [2.75, 3.05) is 12.4 Å². The average molecular weight is 134 g/mol. The van der Waals surface area contributed by atoms with E-state index >= 15 is 0 Å². The van der Waals surface area contributed by atoms with Crippen molar-refractivity contribution in [2.45, 2.75) is 6.42 Å². The van der Waals surface area contributed by atoms with Gasteiger partial charge in [-0.15, -0.1) is 0 Å². The van der Waals surface area contributed by atoms with Gasteiger partial charge >= 0.3 is 0 Å². The standard InChI is InChI=1S/C9H12N/c1-3-8-4-6-9(10-2)7-5-8/h4-7,10H,1,3H2,2H3. The van der Waals surface area contributed by atoms with Crippen molar-refractivity contribution < 1.29 is 0 Å². The highest BCUT2D eigenvalue weighted by molar-refractivity contribution is 5.43. The van der Waals surface area contributed by atoms with Crippen LogP contribution in [-0.4, -0.2) is 7.05 Å². The maximum atomic E-state index is 3.79. The van der Waals surface area contributed by atoms with E-state index in [1.165, 1.54) is 5.56 Å². The van der Waals surface area contributed by atoms with Crippen LogP contribution in [0.3, 0.4) is 0 Å². The monoisotopic (exact) mass is 134 g/mol. The van der Waals surface area contributed by atoms with E-state index in [0.717, 1.165) is 12.1 Å². The van der Waals surface area contributed by atoms with Crippen LogP contribution in [-0.2, 0) is 6.42 Å². The van der Waals surface area contributed by atoms with Crippen LogP contribution in [0, 0.1) is 6.92 Å². The fourth-order valence-electron chi connectivity index (χ4n) is 0.838. The van der Waals surface area contributed by atoms with Crippen LogP contribution >= 0.6 is 0 Å². The first-order valence-electron chi connectivity index (χ1n) is 3.42. The number of anilines is 1. The van der Waals surface area contributed by atoms with Gasteiger partial charge < -0.3 is 5.32 Å². The lowest BCUT2D eigenvalue weighted by Gasteiger charge is -1.99. The summed E-state index contributed by atoms with van der Waals surface area (Å²) >= 11 is 0. The molecule has 0 unspecified atom stereocenters. The van der Waals surface area contributed by atoms with Crippen molar-refractivity contribution in [3.8, 4) is 0 Å². The summed E-state index contributed by atoms with van der Waals surface area (Å²) in [7, 11) is 1.92. The van der Waals surface area contributed by atoms with Gasteiger partial charge in [0, 0.05) is 12.7 Å². The molecule has 0 saturated heterocycles. The third-order valence-corrected chi connectivity index (χ3v) is 1.53. The molecule has 1 heteroatoms. The fraction of sp³-hybridized carbons (Fsp3) is 0.222. The van der Waals surface area contributed by atoms with Crippen LogP contribution in [0.15, 0.2) is 24.3 Å². The SMILES string of the molecule is [CH2]Cc1ccc(NC)cc1. The summed E-state index contributed by atoms with van der Waals surface area (Å²) in [6.45, 7) is 3.79. The normalized spacial score (nSPS) is 9.40. The molecule has 0 bridgehead atoms. The van der Waals surface area contributed by atoms with Gasteiger partial charge in [0.15, 0.2) is 0 Å². The van der Waals surface area contributed by atoms with Crippen molar-refractivity contribution in [1.29, 1.82) is 0 Å². The molecule has 10 heavy (non-hydrogen) atoms. The van der Waals surface area contributed by atoms with E-state index in [4.69, 9.17) is 0 Å². The minimum absolute atomic E-state index is 0.865. The molecule has 1 aromatic carbocycles. The van der Waals surface area contributed by atoms with E-state index < -0.39 is 0 Å². The summed E-state index contributed by atoms with van der Waals surface area (Å²) in [5, 5.41) is 3.06. The predicted octanol–water partition coefficient (Wildman–Crippen LogP) is 2.10. The van der Waals surface area contributed by atoms with Crippen molar-refractivity contribution >= 4 is 5.69 Å². The summed E-state index contributed by atoms with van der Waals surface area (Å²) in [6, 6.07) is 8.28. The summed E-state index contributed by atoms with van der Waals surface area (Å²) in [4.78, 5) is 0. The van der Waals surface area contributed by atoms with E-state index in [0.29, 0.717) is 0 Å². The summed E-state index contributed by atoms with van der Waals surface area (Å²) in [5.41, 5.74) is 2.43. The maximum Gasteiger partial charge on any atom is 0.0337 e. The van der Waals surface area contributed by atoms with Gasteiger partial charge in [0.05, 0.1) is 0 Å². The molecule has 0 aliphatic rings. The van der Waals surface area contributed by atoms with Gasteiger partial charge in [-0.25, -0.2) is 0 Å². The minimum Gasteiger partial charge on any atom is -0.388 e. The van der Waals surface area contributed by atoms with Crippen molar-refractivity contribution in [3.63, 3.8) is 0 Å². The topological polar surface area (TPSA) is 12.0 Å². The Bertz CT molecular complexity index is 165. The molecule has 1 rings (SSSR count). The lowest BCUT2D eigenvalue weighted by molar-refractivity contribution is 1.27. The van der Waals surface area contributed by atoms with Gasteiger partial charge in [-0.05, 0) is 31.0 Å². The van der Waals surface area contributed by atoms with Gasteiger partial charge in [0.1, 0.15) is 0 Å². The second kappa shape index (κ2) is 3.25. The van der Waals surface area contributed by atoms with Crippen LogP contribution in [0.2, 0.25) is 0 Å². The molecule has 0 spiro atoms. The van der Waals surface area contributed by atoms with E-state index in [9.17, 15) is 0 Å². The Morgan fingerprint density at radius 1 is 1.30 bits per heavy atom. The van der Waals surface area contributed by atoms with Gasteiger partial charge in [-0.1, -0.05) is 12.1 Å². The Balaban J connectivity index is 2.80. The van der Waals surface area contributed by atoms with E-state index in [2.05, 4.69) is 36.5 Å². The molecule has 0 atom stereocenters. The molecule has 0 aliphatic carbocycles. The van der Waals surface area contributed by atoms with E-state index in [1.807, 2.05) is 7.05 Å². The summed E-state index contributed by atoms with van der Waals surface area (Å²) in [6.07, 6.45) is 0.865. The van der Waals surface area contributed by atoms with Crippen LogP contribution in [0.5, 0.6) is 0 Å². The predicted molar refractivity (Wildman–Crippen MR) is 45.0 cm³/mol.